The number of aromatic nitrogens is 3. The summed E-state index contributed by atoms with van der Waals surface area (Å²) >= 11 is 0. The number of anilines is 1. The van der Waals surface area contributed by atoms with Crippen molar-refractivity contribution < 1.29 is 4.74 Å². The van der Waals surface area contributed by atoms with Gasteiger partial charge in [0.2, 0.25) is 0 Å². The van der Waals surface area contributed by atoms with E-state index in [1.807, 2.05) is 32.2 Å². The number of rotatable bonds is 4. The number of ether oxygens (including phenoxy) is 1. The lowest BCUT2D eigenvalue weighted by Gasteiger charge is -2.11. The van der Waals surface area contributed by atoms with Crippen LogP contribution in [-0.4, -0.2) is 22.1 Å². The highest BCUT2D eigenvalue weighted by atomic mass is 16.5. The van der Waals surface area contributed by atoms with Crippen molar-refractivity contribution in [2.75, 3.05) is 12.4 Å². The highest BCUT2D eigenvalue weighted by molar-refractivity contribution is 5.57. The van der Waals surface area contributed by atoms with Crippen molar-refractivity contribution in [2.45, 2.75) is 13.5 Å². The van der Waals surface area contributed by atoms with E-state index in [9.17, 15) is 0 Å². The van der Waals surface area contributed by atoms with E-state index in [1.165, 1.54) is 5.56 Å². The van der Waals surface area contributed by atoms with E-state index in [-0.39, 0.29) is 0 Å². The number of aryl methyl sites for hydroxylation is 2. The number of hydrogen-bond acceptors (Lipinski definition) is 4. The van der Waals surface area contributed by atoms with Gasteiger partial charge in [-0.2, -0.15) is 0 Å². The van der Waals surface area contributed by atoms with Gasteiger partial charge in [-0.1, -0.05) is 11.3 Å². The maximum Gasteiger partial charge on any atom is 0.142 e. The summed E-state index contributed by atoms with van der Waals surface area (Å²) in [6.45, 7) is 2.71. The van der Waals surface area contributed by atoms with Crippen molar-refractivity contribution in [1.29, 1.82) is 0 Å². The quantitative estimate of drug-likeness (QED) is 0.872. The largest absolute Gasteiger partial charge is 0.495 e. The molecule has 0 aliphatic rings. The van der Waals surface area contributed by atoms with E-state index in [0.29, 0.717) is 6.54 Å². The molecule has 1 aromatic carbocycles. The first kappa shape index (κ1) is 11.4. The zero-order valence-electron chi connectivity index (χ0n) is 10.3. The Bertz CT molecular complexity index is 507. The van der Waals surface area contributed by atoms with Gasteiger partial charge in [0.05, 0.1) is 31.2 Å². The van der Waals surface area contributed by atoms with Crippen LogP contribution in [0.5, 0.6) is 5.75 Å². The second-order valence-corrected chi connectivity index (χ2v) is 3.91. The molecule has 5 nitrogen and oxygen atoms in total. The van der Waals surface area contributed by atoms with Crippen LogP contribution in [0.3, 0.4) is 0 Å². The summed E-state index contributed by atoms with van der Waals surface area (Å²) in [5.74, 6) is 0.847. The van der Waals surface area contributed by atoms with Crippen molar-refractivity contribution in [3.05, 3.63) is 35.7 Å². The van der Waals surface area contributed by atoms with Crippen LogP contribution in [0.4, 0.5) is 5.69 Å². The van der Waals surface area contributed by atoms with Gasteiger partial charge in [0.15, 0.2) is 0 Å². The Hall–Kier alpha value is -2.04. The highest BCUT2D eigenvalue weighted by Crippen LogP contribution is 2.25. The van der Waals surface area contributed by atoms with Gasteiger partial charge in [0.1, 0.15) is 5.75 Å². The van der Waals surface area contributed by atoms with Gasteiger partial charge in [0, 0.05) is 7.05 Å². The maximum atomic E-state index is 5.33. The molecule has 0 bridgehead atoms. The van der Waals surface area contributed by atoms with Gasteiger partial charge < -0.3 is 10.1 Å². The lowest BCUT2D eigenvalue weighted by molar-refractivity contribution is 0.416. The zero-order valence-corrected chi connectivity index (χ0v) is 10.3. The Kier molecular flexibility index (Phi) is 3.27. The molecule has 2 rings (SSSR count). The second-order valence-electron chi connectivity index (χ2n) is 3.91. The molecule has 0 saturated heterocycles. The Morgan fingerprint density at radius 2 is 2.24 bits per heavy atom. The number of nitrogens with one attached hydrogen (secondary N) is 1. The molecule has 17 heavy (non-hydrogen) atoms. The normalized spacial score (nSPS) is 10.3. The third-order valence-electron chi connectivity index (χ3n) is 2.63. The smallest absolute Gasteiger partial charge is 0.142 e. The fraction of sp³-hybridized carbons (Fsp3) is 0.333. The van der Waals surface area contributed by atoms with E-state index in [0.717, 1.165) is 17.1 Å². The molecule has 1 aromatic heterocycles. The summed E-state index contributed by atoms with van der Waals surface area (Å²) in [4.78, 5) is 0. The lowest BCUT2D eigenvalue weighted by atomic mass is 10.2. The number of methoxy groups -OCH3 is 1. The molecule has 0 fully saturated rings. The number of benzene rings is 1. The van der Waals surface area contributed by atoms with Crippen LogP contribution in [0.25, 0.3) is 0 Å². The van der Waals surface area contributed by atoms with Gasteiger partial charge in [-0.05, 0) is 24.6 Å². The predicted molar refractivity (Wildman–Crippen MR) is 66.1 cm³/mol. The molecule has 0 saturated carbocycles. The van der Waals surface area contributed by atoms with Crippen molar-refractivity contribution in [3.8, 4) is 5.75 Å². The van der Waals surface area contributed by atoms with E-state index >= 15 is 0 Å². The summed E-state index contributed by atoms with van der Waals surface area (Å²) in [6.07, 6.45) is 1.74. The molecule has 0 spiro atoms. The monoisotopic (exact) mass is 232 g/mol. The molecule has 1 heterocycles. The van der Waals surface area contributed by atoms with Gasteiger partial charge in [-0.15, -0.1) is 5.10 Å². The standard InChI is InChI=1S/C12H16N4O/c1-9-4-5-11(12(6-9)17-3)13-7-10-8-14-15-16(10)2/h4-6,8,13H,7H2,1-3H3. The molecule has 0 aliphatic heterocycles. The van der Waals surface area contributed by atoms with Gasteiger partial charge in [0.25, 0.3) is 0 Å². The van der Waals surface area contributed by atoms with Crippen LogP contribution in [-0.2, 0) is 13.6 Å². The second kappa shape index (κ2) is 4.86. The Morgan fingerprint density at radius 1 is 1.41 bits per heavy atom. The minimum Gasteiger partial charge on any atom is -0.495 e. The summed E-state index contributed by atoms with van der Waals surface area (Å²) in [5, 5.41) is 11.0. The van der Waals surface area contributed by atoms with Crippen molar-refractivity contribution in [1.82, 2.24) is 15.0 Å². The van der Waals surface area contributed by atoms with E-state index in [1.54, 1.807) is 18.0 Å². The summed E-state index contributed by atoms with van der Waals surface area (Å²) in [7, 11) is 3.54. The summed E-state index contributed by atoms with van der Waals surface area (Å²) in [5.41, 5.74) is 3.17. The molecule has 0 unspecified atom stereocenters. The van der Waals surface area contributed by atoms with Crippen LogP contribution < -0.4 is 10.1 Å². The number of hydrogen-bond donors (Lipinski definition) is 1. The Morgan fingerprint density at radius 3 is 2.88 bits per heavy atom. The highest BCUT2D eigenvalue weighted by Gasteiger charge is 2.04. The third kappa shape index (κ3) is 2.55. The SMILES string of the molecule is COc1cc(C)ccc1NCc1cnnn1C. The average Bonchev–Trinajstić information content (AvgIpc) is 2.73. The summed E-state index contributed by atoms with van der Waals surface area (Å²) < 4.78 is 7.07. The topological polar surface area (TPSA) is 52.0 Å². The Balaban J connectivity index is 2.11. The van der Waals surface area contributed by atoms with Crippen LogP contribution >= 0.6 is 0 Å². The fourth-order valence-electron chi connectivity index (χ4n) is 1.60. The molecular formula is C12H16N4O. The van der Waals surface area contributed by atoms with E-state index in [2.05, 4.69) is 15.6 Å². The van der Waals surface area contributed by atoms with Gasteiger partial charge in [-0.25, -0.2) is 0 Å². The molecule has 0 radical (unpaired) electrons. The van der Waals surface area contributed by atoms with Crippen molar-refractivity contribution in [3.63, 3.8) is 0 Å². The first-order valence-corrected chi connectivity index (χ1v) is 5.43. The molecule has 5 heteroatoms. The van der Waals surface area contributed by atoms with Crippen LogP contribution in [0.15, 0.2) is 24.4 Å². The average molecular weight is 232 g/mol. The third-order valence-corrected chi connectivity index (χ3v) is 2.63. The van der Waals surface area contributed by atoms with Crippen LogP contribution in [0.1, 0.15) is 11.3 Å². The number of nitrogens with zero attached hydrogens (tertiary/aromatic N) is 3. The minimum absolute atomic E-state index is 0.670. The van der Waals surface area contributed by atoms with Gasteiger partial charge in [-0.3, -0.25) is 4.68 Å². The first-order chi connectivity index (χ1) is 8.20. The van der Waals surface area contributed by atoms with Crippen molar-refractivity contribution in [2.24, 2.45) is 7.05 Å². The molecule has 90 valence electrons. The van der Waals surface area contributed by atoms with E-state index in [4.69, 9.17) is 4.74 Å². The Labute approximate surface area is 100 Å². The molecule has 0 amide bonds. The summed E-state index contributed by atoms with van der Waals surface area (Å²) in [6, 6.07) is 6.06. The van der Waals surface area contributed by atoms with Crippen molar-refractivity contribution >= 4 is 5.69 Å². The van der Waals surface area contributed by atoms with Gasteiger partial charge >= 0.3 is 0 Å². The van der Waals surface area contributed by atoms with E-state index < -0.39 is 0 Å². The molecular weight excluding hydrogens is 216 g/mol. The van der Waals surface area contributed by atoms with Crippen LogP contribution in [0, 0.1) is 6.92 Å². The zero-order chi connectivity index (χ0) is 12.3. The molecule has 0 aliphatic carbocycles. The maximum absolute atomic E-state index is 5.33. The fourth-order valence-corrected chi connectivity index (χ4v) is 1.60. The molecule has 1 N–H and O–H groups in total. The minimum atomic E-state index is 0.670. The van der Waals surface area contributed by atoms with Crippen LogP contribution in [0.2, 0.25) is 0 Å². The molecule has 2 aromatic rings. The molecule has 0 atom stereocenters. The lowest BCUT2D eigenvalue weighted by Crippen LogP contribution is -2.06. The predicted octanol–water partition coefficient (Wildman–Crippen LogP) is 1.74. The first-order valence-electron chi connectivity index (χ1n) is 5.43.